The third-order valence-corrected chi connectivity index (χ3v) is 5.94. The lowest BCUT2D eigenvalue weighted by molar-refractivity contribution is -0.123. The van der Waals surface area contributed by atoms with Crippen molar-refractivity contribution in [2.24, 2.45) is 17.8 Å². The Morgan fingerprint density at radius 1 is 1.17 bits per heavy atom. The van der Waals surface area contributed by atoms with Gasteiger partial charge in [0.2, 0.25) is 5.91 Å². The second-order valence-corrected chi connectivity index (χ2v) is 7.59. The number of nitrogens with one attached hydrogen (secondary N) is 2. The molecule has 1 aromatic rings. The van der Waals surface area contributed by atoms with Gasteiger partial charge in [0.25, 0.3) is 0 Å². The van der Waals surface area contributed by atoms with Gasteiger partial charge in [0, 0.05) is 18.0 Å². The first-order valence-electron chi connectivity index (χ1n) is 9.54. The van der Waals surface area contributed by atoms with E-state index < -0.39 is 0 Å². The van der Waals surface area contributed by atoms with E-state index in [1.165, 1.54) is 19.3 Å². The predicted molar refractivity (Wildman–Crippen MR) is 93.7 cm³/mol. The Labute approximate surface area is 144 Å². The largest absolute Gasteiger partial charge is 0.490 e. The third-order valence-electron chi connectivity index (χ3n) is 5.94. The van der Waals surface area contributed by atoms with Gasteiger partial charge in [-0.25, -0.2) is 0 Å². The zero-order valence-corrected chi connectivity index (χ0v) is 14.3. The Morgan fingerprint density at radius 3 is 2.71 bits per heavy atom. The van der Waals surface area contributed by atoms with Crippen LogP contribution in [0.15, 0.2) is 24.3 Å². The van der Waals surface area contributed by atoms with Crippen molar-refractivity contribution in [1.29, 1.82) is 0 Å². The number of ether oxygens (including phenoxy) is 1. The van der Waals surface area contributed by atoms with Crippen LogP contribution in [0.3, 0.4) is 0 Å². The molecule has 0 bridgehead atoms. The molecule has 2 aliphatic carbocycles. The van der Waals surface area contributed by atoms with Crippen LogP contribution in [-0.2, 0) is 11.3 Å². The lowest BCUT2D eigenvalue weighted by Gasteiger charge is -2.27. The van der Waals surface area contributed by atoms with Crippen LogP contribution in [0.1, 0.15) is 44.1 Å². The van der Waals surface area contributed by atoms with Crippen molar-refractivity contribution in [3.63, 3.8) is 0 Å². The second kappa shape index (κ2) is 7.14. The van der Waals surface area contributed by atoms with Gasteiger partial charge in [0.15, 0.2) is 0 Å². The van der Waals surface area contributed by atoms with Crippen molar-refractivity contribution in [1.82, 2.24) is 10.6 Å². The quantitative estimate of drug-likeness (QED) is 0.844. The normalized spacial score (nSPS) is 27.3. The summed E-state index contributed by atoms with van der Waals surface area (Å²) in [5, 5.41) is 6.55. The van der Waals surface area contributed by atoms with Gasteiger partial charge in [-0.3, -0.25) is 4.79 Å². The molecule has 24 heavy (non-hydrogen) atoms. The van der Waals surface area contributed by atoms with Gasteiger partial charge in [0.05, 0.1) is 6.10 Å². The molecule has 2 N–H and O–H groups in total. The summed E-state index contributed by atoms with van der Waals surface area (Å²) in [5.41, 5.74) is 1.09. The summed E-state index contributed by atoms with van der Waals surface area (Å²) in [6, 6.07) is 8.11. The van der Waals surface area contributed by atoms with Crippen molar-refractivity contribution in [3.05, 3.63) is 29.8 Å². The molecule has 0 aromatic heterocycles. The van der Waals surface area contributed by atoms with Gasteiger partial charge < -0.3 is 15.4 Å². The number of hydrogen-bond acceptors (Lipinski definition) is 3. The highest BCUT2D eigenvalue weighted by Gasteiger charge is 2.47. The van der Waals surface area contributed by atoms with E-state index in [1.807, 2.05) is 18.2 Å². The minimum Gasteiger partial charge on any atom is -0.490 e. The Bertz CT molecular complexity index is 579. The van der Waals surface area contributed by atoms with E-state index in [4.69, 9.17) is 4.74 Å². The van der Waals surface area contributed by atoms with Crippen molar-refractivity contribution in [2.75, 3.05) is 13.1 Å². The molecule has 1 heterocycles. The molecule has 2 saturated carbocycles. The number of carbonyl (C=O) groups is 1. The average molecular weight is 328 g/mol. The first-order chi connectivity index (χ1) is 11.8. The minimum absolute atomic E-state index is 0.233. The molecular formula is C20H28N2O2. The summed E-state index contributed by atoms with van der Waals surface area (Å²) in [4.78, 5) is 12.5. The van der Waals surface area contributed by atoms with Crippen molar-refractivity contribution >= 4 is 5.91 Å². The molecule has 1 aliphatic heterocycles. The van der Waals surface area contributed by atoms with Crippen molar-refractivity contribution in [3.8, 4) is 5.75 Å². The number of para-hydroxylation sites is 1. The van der Waals surface area contributed by atoms with E-state index in [2.05, 4.69) is 16.7 Å². The Balaban J connectivity index is 1.28. The molecule has 0 radical (unpaired) electrons. The maximum absolute atomic E-state index is 12.5. The highest BCUT2D eigenvalue weighted by atomic mass is 16.5. The zero-order valence-electron chi connectivity index (χ0n) is 14.3. The zero-order chi connectivity index (χ0) is 16.4. The number of rotatable bonds is 6. The van der Waals surface area contributed by atoms with Crippen LogP contribution < -0.4 is 15.4 Å². The number of amides is 1. The first-order valence-corrected chi connectivity index (χ1v) is 9.54. The fourth-order valence-corrected chi connectivity index (χ4v) is 4.06. The van der Waals surface area contributed by atoms with E-state index in [9.17, 15) is 4.79 Å². The maximum Gasteiger partial charge on any atom is 0.223 e. The number of piperidine rings is 1. The van der Waals surface area contributed by atoms with E-state index >= 15 is 0 Å². The number of hydrogen-bond donors (Lipinski definition) is 2. The maximum atomic E-state index is 12.5. The molecule has 1 aromatic carbocycles. The monoisotopic (exact) mass is 328 g/mol. The van der Waals surface area contributed by atoms with Crippen LogP contribution in [0.5, 0.6) is 5.75 Å². The van der Waals surface area contributed by atoms with Crippen LogP contribution in [0.25, 0.3) is 0 Å². The van der Waals surface area contributed by atoms with Gasteiger partial charge in [-0.2, -0.15) is 0 Å². The second-order valence-electron chi connectivity index (χ2n) is 7.59. The van der Waals surface area contributed by atoms with Crippen LogP contribution in [-0.4, -0.2) is 25.1 Å². The van der Waals surface area contributed by atoms with E-state index in [0.717, 1.165) is 49.6 Å². The van der Waals surface area contributed by atoms with Crippen molar-refractivity contribution in [2.45, 2.75) is 51.2 Å². The molecule has 3 fully saturated rings. The summed E-state index contributed by atoms with van der Waals surface area (Å²) < 4.78 is 6.05. The fourth-order valence-electron chi connectivity index (χ4n) is 4.06. The summed E-state index contributed by atoms with van der Waals surface area (Å²) in [6.45, 7) is 2.81. The number of carbonyl (C=O) groups excluding carboxylic acids is 1. The molecule has 1 saturated heterocycles. The molecule has 0 spiro atoms. The summed E-state index contributed by atoms with van der Waals surface area (Å²) in [6.07, 6.45) is 7.48. The topological polar surface area (TPSA) is 50.4 Å². The van der Waals surface area contributed by atoms with Gasteiger partial charge in [-0.15, -0.1) is 0 Å². The SMILES string of the molecule is O=C(NCc1ccccc1OC1CCC1)[C@@H]1C[C@H]1C1CCNCC1. The fraction of sp³-hybridized carbons (Fsp3) is 0.650. The van der Waals surface area contributed by atoms with Crippen LogP contribution in [0.2, 0.25) is 0 Å². The third kappa shape index (κ3) is 3.59. The highest BCUT2D eigenvalue weighted by Crippen LogP contribution is 2.47. The van der Waals surface area contributed by atoms with Gasteiger partial charge in [0.1, 0.15) is 5.75 Å². The lowest BCUT2D eigenvalue weighted by Crippen LogP contribution is -2.31. The van der Waals surface area contributed by atoms with Gasteiger partial charge >= 0.3 is 0 Å². The van der Waals surface area contributed by atoms with E-state index in [1.54, 1.807) is 0 Å². The summed E-state index contributed by atoms with van der Waals surface area (Å²) in [5.74, 6) is 2.78. The summed E-state index contributed by atoms with van der Waals surface area (Å²) >= 11 is 0. The van der Waals surface area contributed by atoms with Gasteiger partial charge in [-0.05, 0) is 69.5 Å². The standard InChI is InChI=1S/C20H28N2O2/c23-20(18-12-17(18)14-8-10-21-11-9-14)22-13-15-4-1-2-7-19(15)24-16-5-3-6-16/h1-2,4,7,14,16-18,21H,3,5-6,8-13H2,(H,22,23)/t17-,18+/m0/s1. The van der Waals surface area contributed by atoms with E-state index in [0.29, 0.717) is 18.6 Å². The molecule has 4 heteroatoms. The van der Waals surface area contributed by atoms with E-state index in [-0.39, 0.29) is 11.8 Å². The first kappa shape index (κ1) is 15.9. The molecule has 130 valence electrons. The molecule has 3 aliphatic rings. The van der Waals surface area contributed by atoms with Crippen LogP contribution in [0, 0.1) is 17.8 Å². The molecule has 2 atom stereocenters. The van der Waals surface area contributed by atoms with Gasteiger partial charge in [-0.1, -0.05) is 18.2 Å². The lowest BCUT2D eigenvalue weighted by atomic mass is 9.92. The molecule has 4 rings (SSSR count). The molecule has 0 unspecified atom stereocenters. The smallest absolute Gasteiger partial charge is 0.223 e. The summed E-state index contributed by atoms with van der Waals surface area (Å²) in [7, 11) is 0. The average Bonchev–Trinajstić information content (AvgIpc) is 3.38. The minimum atomic E-state index is 0.233. The number of benzene rings is 1. The Kier molecular flexibility index (Phi) is 4.74. The van der Waals surface area contributed by atoms with Crippen LogP contribution in [0.4, 0.5) is 0 Å². The highest BCUT2D eigenvalue weighted by molar-refractivity contribution is 5.81. The molecular weight excluding hydrogens is 300 g/mol. The van der Waals surface area contributed by atoms with Crippen molar-refractivity contribution < 1.29 is 9.53 Å². The Morgan fingerprint density at radius 2 is 1.96 bits per heavy atom. The predicted octanol–water partition coefficient (Wildman–Crippen LogP) is 2.87. The van der Waals surface area contributed by atoms with Crippen LogP contribution >= 0.6 is 0 Å². The molecule has 1 amide bonds. The Hall–Kier alpha value is -1.55. The molecule has 4 nitrogen and oxygen atoms in total.